The molecular weight excluding hydrogens is 448 g/mol. The Labute approximate surface area is 191 Å². The number of hydrogen-bond donors (Lipinski definition) is 1. The normalized spacial score (nSPS) is 11.5. The Morgan fingerprint density at radius 3 is 2.19 bits per heavy atom. The summed E-state index contributed by atoms with van der Waals surface area (Å²) in [4.78, 5) is 12.6. The second-order valence-electron chi connectivity index (χ2n) is 7.02. The zero-order chi connectivity index (χ0) is 23.3. The van der Waals surface area contributed by atoms with Gasteiger partial charge in [-0.05, 0) is 62.4 Å². The molecule has 0 aliphatic rings. The van der Waals surface area contributed by atoms with Gasteiger partial charge in [0, 0.05) is 16.3 Å². The average molecular weight is 467 g/mol. The molecule has 3 aromatic rings. The van der Waals surface area contributed by atoms with Gasteiger partial charge < -0.3 is 9.50 Å². The molecule has 32 heavy (non-hydrogen) atoms. The third-order valence-electron chi connectivity index (χ3n) is 4.46. The predicted octanol–water partition coefficient (Wildman–Crippen LogP) is 5.27. The van der Waals surface area contributed by atoms with Gasteiger partial charge in [0.05, 0.1) is 0 Å². The van der Waals surface area contributed by atoms with Crippen molar-refractivity contribution in [2.24, 2.45) is 0 Å². The third kappa shape index (κ3) is 5.76. The molecule has 0 aromatic heterocycles. The van der Waals surface area contributed by atoms with Gasteiger partial charge in [0.15, 0.2) is 0 Å². The molecule has 0 saturated carbocycles. The maximum Gasteiger partial charge on any atom is 0.339 e. The lowest BCUT2D eigenvalue weighted by molar-refractivity contribution is -0.112. The fourth-order valence-electron chi connectivity index (χ4n) is 2.72. The Kier molecular flexibility index (Phi) is 6.98. The number of halogens is 1. The summed E-state index contributed by atoms with van der Waals surface area (Å²) in [6.07, 6.45) is 1.23. The Hall–Kier alpha value is -3.60. The number of nitrogens with zero attached hydrogens (tertiary/aromatic N) is 1. The van der Waals surface area contributed by atoms with E-state index in [1.165, 1.54) is 36.4 Å². The van der Waals surface area contributed by atoms with E-state index in [0.29, 0.717) is 5.69 Å². The average Bonchev–Trinajstić information content (AvgIpc) is 2.75. The van der Waals surface area contributed by atoms with E-state index in [2.05, 4.69) is 5.32 Å². The summed E-state index contributed by atoms with van der Waals surface area (Å²) in [5, 5.41) is 12.4. The third-order valence-corrected chi connectivity index (χ3v) is 5.94. The molecular formula is C24H19ClN2O4S. The molecule has 0 atom stereocenters. The van der Waals surface area contributed by atoms with Gasteiger partial charge in [0.1, 0.15) is 22.3 Å². The molecule has 1 N–H and O–H groups in total. The van der Waals surface area contributed by atoms with Gasteiger partial charge >= 0.3 is 10.1 Å². The van der Waals surface area contributed by atoms with Gasteiger partial charge in [-0.3, -0.25) is 4.79 Å². The summed E-state index contributed by atoms with van der Waals surface area (Å²) in [5.74, 6) is -0.713. The monoisotopic (exact) mass is 466 g/mol. The Bertz CT molecular complexity index is 1320. The number of carbonyl (C=O) groups is 1. The van der Waals surface area contributed by atoms with Gasteiger partial charge in [-0.15, -0.1) is 0 Å². The second kappa shape index (κ2) is 9.69. The topological polar surface area (TPSA) is 96.3 Å². The fourth-order valence-corrected chi connectivity index (χ4v) is 3.85. The standard InChI is InChI=1S/C24H19ClN2O4S/c1-16-3-8-21(9-4-16)27-24(28)19(15-26)13-18-14-20(25)7-12-23(18)31-32(29,30)22-10-5-17(2)6-11-22/h3-14H,1-2H3,(H,27,28)/b19-13+. The van der Waals surface area contributed by atoms with E-state index in [-0.39, 0.29) is 26.8 Å². The molecule has 0 fully saturated rings. The SMILES string of the molecule is Cc1ccc(NC(=O)/C(C#N)=C/c2cc(Cl)ccc2OS(=O)(=O)c2ccc(C)cc2)cc1. The molecule has 3 rings (SSSR count). The van der Waals surface area contributed by atoms with Gasteiger partial charge in [0.2, 0.25) is 0 Å². The molecule has 0 aliphatic heterocycles. The zero-order valence-electron chi connectivity index (χ0n) is 17.3. The molecule has 0 spiro atoms. The molecule has 3 aromatic carbocycles. The fraction of sp³-hybridized carbons (Fsp3) is 0.0833. The summed E-state index contributed by atoms with van der Waals surface area (Å²) in [6.45, 7) is 3.75. The van der Waals surface area contributed by atoms with Crippen LogP contribution in [0.2, 0.25) is 5.02 Å². The maximum absolute atomic E-state index is 12.7. The Balaban J connectivity index is 1.93. The lowest BCUT2D eigenvalue weighted by atomic mass is 10.1. The molecule has 1 amide bonds. The van der Waals surface area contributed by atoms with E-state index >= 15 is 0 Å². The van der Waals surface area contributed by atoms with Gasteiger partial charge in [-0.25, -0.2) is 0 Å². The van der Waals surface area contributed by atoms with Crippen molar-refractivity contribution >= 4 is 39.4 Å². The van der Waals surface area contributed by atoms with E-state index in [4.69, 9.17) is 15.8 Å². The molecule has 162 valence electrons. The number of hydrogen-bond acceptors (Lipinski definition) is 5. The van der Waals surface area contributed by atoms with Crippen LogP contribution in [-0.4, -0.2) is 14.3 Å². The van der Waals surface area contributed by atoms with Crippen molar-refractivity contribution < 1.29 is 17.4 Å². The first kappa shape index (κ1) is 23.1. The first-order valence-corrected chi connectivity index (χ1v) is 11.3. The van der Waals surface area contributed by atoms with Crippen LogP contribution in [0, 0.1) is 25.2 Å². The van der Waals surface area contributed by atoms with E-state index in [9.17, 15) is 18.5 Å². The highest BCUT2D eigenvalue weighted by Gasteiger charge is 2.19. The number of nitriles is 1. The van der Waals surface area contributed by atoms with E-state index < -0.39 is 16.0 Å². The van der Waals surface area contributed by atoms with E-state index in [1.54, 1.807) is 24.3 Å². The molecule has 0 radical (unpaired) electrons. The molecule has 0 aliphatic carbocycles. The molecule has 0 saturated heterocycles. The molecule has 6 nitrogen and oxygen atoms in total. The van der Waals surface area contributed by atoms with E-state index in [0.717, 1.165) is 11.1 Å². The molecule has 0 unspecified atom stereocenters. The van der Waals surface area contributed by atoms with E-state index in [1.807, 2.05) is 32.0 Å². The number of carbonyl (C=O) groups excluding carboxylic acids is 1. The van der Waals surface area contributed by atoms with Crippen molar-refractivity contribution in [3.63, 3.8) is 0 Å². The minimum Gasteiger partial charge on any atom is -0.378 e. The number of amides is 1. The van der Waals surface area contributed by atoms with Gasteiger partial charge in [-0.2, -0.15) is 13.7 Å². The predicted molar refractivity (Wildman–Crippen MR) is 124 cm³/mol. The Morgan fingerprint density at radius 2 is 1.59 bits per heavy atom. The highest BCUT2D eigenvalue weighted by atomic mass is 35.5. The van der Waals surface area contributed by atoms with Crippen LogP contribution < -0.4 is 9.50 Å². The first-order chi connectivity index (χ1) is 15.2. The minimum atomic E-state index is -4.14. The van der Waals surface area contributed by atoms with Crippen molar-refractivity contribution in [2.45, 2.75) is 18.7 Å². The summed E-state index contributed by atoms with van der Waals surface area (Å²) in [6, 6.07) is 19.3. The number of nitrogens with one attached hydrogen (secondary N) is 1. The van der Waals surface area contributed by atoms with Gasteiger partial charge in [0.25, 0.3) is 5.91 Å². The van der Waals surface area contributed by atoms with Crippen LogP contribution in [0.5, 0.6) is 5.75 Å². The highest BCUT2D eigenvalue weighted by molar-refractivity contribution is 7.87. The lowest BCUT2D eigenvalue weighted by Gasteiger charge is -2.11. The number of anilines is 1. The van der Waals surface area contributed by atoms with Gasteiger partial charge in [-0.1, -0.05) is 47.0 Å². The maximum atomic E-state index is 12.7. The van der Waals surface area contributed by atoms with Crippen LogP contribution in [0.15, 0.2) is 77.2 Å². The number of benzene rings is 3. The quantitative estimate of drug-likeness (QED) is 0.303. The highest BCUT2D eigenvalue weighted by Crippen LogP contribution is 2.28. The smallest absolute Gasteiger partial charge is 0.339 e. The van der Waals surface area contributed by atoms with Crippen LogP contribution in [0.3, 0.4) is 0 Å². The van der Waals surface area contributed by atoms with Crippen LogP contribution in [0.25, 0.3) is 6.08 Å². The van der Waals surface area contributed by atoms with Crippen LogP contribution in [0.4, 0.5) is 5.69 Å². The Morgan fingerprint density at radius 1 is 1.00 bits per heavy atom. The van der Waals surface area contributed by atoms with Crippen LogP contribution in [0.1, 0.15) is 16.7 Å². The molecule has 0 heterocycles. The van der Waals surface area contributed by atoms with Crippen molar-refractivity contribution in [2.75, 3.05) is 5.32 Å². The summed E-state index contributed by atoms with van der Waals surface area (Å²) in [5.41, 5.74) is 2.37. The summed E-state index contributed by atoms with van der Waals surface area (Å²) < 4.78 is 30.7. The first-order valence-electron chi connectivity index (χ1n) is 9.48. The van der Waals surface area contributed by atoms with Crippen LogP contribution >= 0.6 is 11.6 Å². The van der Waals surface area contributed by atoms with Crippen molar-refractivity contribution in [1.82, 2.24) is 0 Å². The molecule has 8 heteroatoms. The number of rotatable bonds is 6. The van der Waals surface area contributed by atoms with Crippen molar-refractivity contribution in [3.8, 4) is 11.8 Å². The number of aryl methyl sites for hydroxylation is 2. The molecule has 0 bridgehead atoms. The van der Waals surface area contributed by atoms with Crippen molar-refractivity contribution in [3.05, 3.63) is 94.0 Å². The zero-order valence-corrected chi connectivity index (χ0v) is 18.9. The van der Waals surface area contributed by atoms with Crippen LogP contribution in [-0.2, 0) is 14.9 Å². The lowest BCUT2D eigenvalue weighted by Crippen LogP contribution is -2.14. The minimum absolute atomic E-state index is 0.0226. The largest absolute Gasteiger partial charge is 0.378 e. The second-order valence-corrected chi connectivity index (χ2v) is 9.01. The van der Waals surface area contributed by atoms with Crippen molar-refractivity contribution in [1.29, 1.82) is 5.26 Å². The summed E-state index contributed by atoms with van der Waals surface area (Å²) in [7, 11) is -4.14. The summed E-state index contributed by atoms with van der Waals surface area (Å²) >= 11 is 6.06.